The maximum Gasteiger partial charge on any atom is 0.335 e. The molecule has 1 fully saturated rings. The number of carbonyl (C=O) groups excluding carboxylic acids is 1. The molecule has 1 aliphatic carbocycles. The average Bonchev–Trinajstić information content (AvgIpc) is 2.58. The van der Waals surface area contributed by atoms with Crippen molar-refractivity contribution in [2.45, 2.75) is 38.2 Å². The number of benzene rings is 1. The van der Waals surface area contributed by atoms with Gasteiger partial charge in [0.15, 0.2) is 11.5 Å². The maximum atomic E-state index is 11.6. The molecule has 126 valence electrons. The zero-order chi connectivity index (χ0) is 16.5. The summed E-state index contributed by atoms with van der Waals surface area (Å²) in [6.07, 6.45) is 6.88. The van der Waals surface area contributed by atoms with Gasteiger partial charge in [0.2, 0.25) is 5.75 Å². The van der Waals surface area contributed by atoms with Gasteiger partial charge in [0, 0.05) is 13.2 Å². The van der Waals surface area contributed by atoms with Crippen molar-refractivity contribution >= 4 is 5.97 Å². The molecule has 0 amide bonds. The number of ether oxygens (including phenoxy) is 4. The Morgan fingerprint density at radius 2 is 1.96 bits per heavy atom. The second-order valence-corrected chi connectivity index (χ2v) is 5.43. The van der Waals surface area contributed by atoms with Crippen LogP contribution in [-0.4, -0.2) is 32.4 Å². The van der Waals surface area contributed by atoms with Gasteiger partial charge >= 0.3 is 5.97 Å². The van der Waals surface area contributed by atoms with E-state index in [-0.39, 0.29) is 6.10 Å². The average molecular weight is 320 g/mol. The van der Waals surface area contributed by atoms with Crippen molar-refractivity contribution in [1.82, 2.24) is 0 Å². The molecule has 0 spiro atoms. The Morgan fingerprint density at radius 3 is 2.65 bits per heavy atom. The predicted molar refractivity (Wildman–Crippen MR) is 87.1 cm³/mol. The van der Waals surface area contributed by atoms with Crippen molar-refractivity contribution in [3.63, 3.8) is 0 Å². The molecule has 1 aliphatic rings. The van der Waals surface area contributed by atoms with Crippen molar-refractivity contribution in [1.29, 1.82) is 0 Å². The van der Waals surface area contributed by atoms with Crippen LogP contribution in [0.15, 0.2) is 30.9 Å². The molecule has 0 heterocycles. The summed E-state index contributed by atoms with van der Waals surface area (Å²) >= 11 is 0. The monoisotopic (exact) mass is 320 g/mol. The van der Waals surface area contributed by atoms with Gasteiger partial charge in [-0.3, -0.25) is 0 Å². The molecule has 2 rings (SSSR count). The zero-order valence-corrected chi connectivity index (χ0v) is 13.6. The van der Waals surface area contributed by atoms with Crippen LogP contribution in [0.1, 0.15) is 32.1 Å². The molecule has 0 radical (unpaired) electrons. The Kier molecular flexibility index (Phi) is 6.94. The van der Waals surface area contributed by atoms with Gasteiger partial charge in [-0.25, -0.2) is 4.79 Å². The summed E-state index contributed by atoms with van der Waals surface area (Å²) < 4.78 is 22.0. The van der Waals surface area contributed by atoms with Crippen LogP contribution in [0.4, 0.5) is 0 Å². The minimum atomic E-state index is -0.540. The molecule has 1 aromatic carbocycles. The normalized spacial score (nSPS) is 15.0. The number of carbonyl (C=O) groups is 1. The summed E-state index contributed by atoms with van der Waals surface area (Å²) in [7, 11) is 1.60. The van der Waals surface area contributed by atoms with Crippen LogP contribution in [0.5, 0.6) is 17.2 Å². The first-order valence-electron chi connectivity index (χ1n) is 8.00. The van der Waals surface area contributed by atoms with E-state index >= 15 is 0 Å². The lowest BCUT2D eigenvalue weighted by molar-refractivity contribution is -0.129. The minimum absolute atomic E-state index is 0.152. The second kappa shape index (κ2) is 9.20. The number of hydrogen-bond donors (Lipinski definition) is 0. The molecule has 23 heavy (non-hydrogen) atoms. The Labute approximate surface area is 137 Å². The highest BCUT2D eigenvalue weighted by Gasteiger charge is 2.20. The van der Waals surface area contributed by atoms with E-state index in [0.717, 1.165) is 31.8 Å². The van der Waals surface area contributed by atoms with Crippen molar-refractivity contribution in [3.8, 4) is 17.2 Å². The number of para-hydroxylation sites is 1. The summed E-state index contributed by atoms with van der Waals surface area (Å²) in [5.41, 5.74) is 0. The Bertz CT molecular complexity index is 520. The van der Waals surface area contributed by atoms with Gasteiger partial charge in [0.05, 0.1) is 12.7 Å². The quantitative estimate of drug-likeness (QED) is 0.317. The number of methoxy groups -OCH3 is 1. The lowest BCUT2D eigenvalue weighted by Crippen LogP contribution is -2.20. The van der Waals surface area contributed by atoms with Gasteiger partial charge in [-0.15, -0.1) is 0 Å². The SMILES string of the molecule is C=CC(=O)Oc1c(OCCOC)cccc1OC1CCCCC1. The highest BCUT2D eigenvalue weighted by molar-refractivity contribution is 5.84. The van der Waals surface area contributed by atoms with Gasteiger partial charge < -0.3 is 18.9 Å². The van der Waals surface area contributed by atoms with Crippen LogP contribution < -0.4 is 14.2 Å². The lowest BCUT2D eigenvalue weighted by atomic mass is 9.98. The number of rotatable bonds is 8. The van der Waals surface area contributed by atoms with Crippen molar-refractivity contribution in [3.05, 3.63) is 30.9 Å². The molecule has 1 aromatic rings. The Balaban J connectivity index is 2.17. The standard InChI is InChI=1S/C18H24O5/c1-3-17(19)23-18-15(21-13-12-20-2)10-7-11-16(18)22-14-8-5-4-6-9-14/h3,7,10-11,14H,1,4-6,8-9,12-13H2,2H3. The van der Waals surface area contributed by atoms with Crippen LogP contribution in [0.25, 0.3) is 0 Å². The maximum absolute atomic E-state index is 11.6. The molecule has 0 N–H and O–H groups in total. The second-order valence-electron chi connectivity index (χ2n) is 5.43. The van der Waals surface area contributed by atoms with Gasteiger partial charge in [-0.1, -0.05) is 19.1 Å². The highest BCUT2D eigenvalue weighted by Crippen LogP contribution is 2.39. The fourth-order valence-corrected chi connectivity index (χ4v) is 2.54. The van der Waals surface area contributed by atoms with E-state index in [1.165, 1.54) is 6.42 Å². The van der Waals surface area contributed by atoms with E-state index in [1.807, 2.05) is 6.07 Å². The first-order chi connectivity index (χ1) is 11.2. The molecular weight excluding hydrogens is 296 g/mol. The summed E-state index contributed by atoms with van der Waals surface area (Å²) in [5, 5.41) is 0. The molecule has 5 nitrogen and oxygen atoms in total. The molecular formula is C18H24O5. The minimum Gasteiger partial charge on any atom is -0.487 e. The third-order valence-corrected chi connectivity index (χ3v) is 3.70. The van der Waals surface area contributed by atoms with E-state index in [2.05, 4.69) is 6.58 Å². The van der Waals surface area contributed by atoms with Crippen LogP contribution in [-0.2, 0) is 9.53 Å². The number of esters is 1. The fraction of sp³-hybridized carbons (Fsp3) is 0.500. The van der Waals surface area contributed by atoms with Gasteiger partial charge in [0.25, 0.3) is 0 Å². The molecule has 0 unspecified atom stereocenters. The summed E-state index contributed by atoms with van der Waals surface area (Å²) in [4.78, 5) is 11.6. The summed E-state index contributed by atoms with van der Waals surface area (Å²) in [5.74, 6) is 0.757. The van der Waals surface area contributed by atoms with Gasteiger partial charge in [-0.2, -0.15) is 0 Å². The van der Waals surface area contributed by atoms with Crippen molar-refractivity contribution < 1.29 is 23.7 Å². The fourth-order valence-electron chi connectivity index (χ4n) is 2.54. The molecule has 1 saturated carbocycles. The van der Waals surface area contributed by atoms with Gasteiger partial charge in [0.1, 0.15) is 6.61 Å². The van der Waals surface area contributed by atoms with Crippen LogP contribution in [0, 0.1) is 0 Å². The van der Waals surface area contributed by atoms with Crippen molar-refractivity contribution in [2.75, 3.05) is 20.3 Å². The zero-order valence-electron chi connectivity index (χ0n) is 13.6. The van der Waals surface area contributed by atoms with Crippen molar-refractivity contribution in [2.24, 2.45) is 0 Å². The molecule has 0 atom stereocenters. The number of hydrogen-bond acceptors (Lipinski definition) is 5. The topological polar surface area (TPSA) is 54.0 Å². The largest absolute Gasteiger partial charge is 0.487 e. The molecule has 0 aromatic heterocycles. The molecule has 0 bridgehead atoms. The van der Waals surface area contributed by atoms with E-state index in [1.54, 1.807) is 19.2 Å². The summed E-state index contributed by atoms with van der Waals surface area (Å²) in [6.45, 7) is 4.24. The highest BCUT2D eigenvalue weighted by atomic mass is 16.6. The van der Waals surface area contributed by atoms with E-state index in [0.29, 0.717) is 30.5 Å². The summed E-state index contributed by atoms with van der Waals surface area (Å²) in [6, 6.07) is 5.37. The molecule has 0 aliphatic heterocycles. The van der Waals surface area contributed by atoms with Crippen LogP contribution >= 0.6 is 0 Å². The molecule has 5 heteroatoms. The lowest BCUT2D eigenvalue weighted by Gasteiger charge is -2.24. The van der Waals surface area contributed by atoms with E-state index in [9.17, 15) is 4.79 Å². The predicted octanol–water partition coefficient (Wildman–Crippen LogP) is 3.51. The third-order valence-electron chi connectivity index (χ3n) is 3.70. The van der Waals surface area contributed by atoms with E-state index in [4.69, 9.17) is 18.9 Å². The first kappa shape index (κ1) is 17.3. The smallest absolute Gasteiger partial charge is 0.335 e. The van der Waals surface area contributed by atoms with E-state index < -0.39 is 5.97 Å². The third kappa shape index (κ3) is 5.28. The van der Waals surface area contributed by atoms with Gasteiger partial charge in [-0.05, 0) is 37.8 Å². The van der Waals surface area contributed by atoms with Crippen LogP contribution in [0.2, 0.25) is 0 Å². The van der Waals surface area contributed by atoms with Crippen LogP contribution in [0.3, 0.4) is 0 Å². The first-order valence-corrected chi connectivity index (χ1v) is 8.00. The Morgan fingerprint density at radius 1 is 1.22 bits per heavy atom. The Hall–Kier alpha value is -2.01. The molecule has 0 saturated heterocycles.